The highest BCUT2D eigenvalue weighted by Gasteiger charge is 2.65. The van der Waals surface area contributed by atoms with Crippen molar-refractivity contribution in [3.05, 3.63) is 29.3 Å². The number of likely N-dealkylation sites (tertiary alicyclic amines) is 1. The monoisotopic (exact) mass is 492 g/mol. The van der Waals surface area contributed by atoms with Crippen molar-refractivity contribution in [3.63, 3.8) is 0 Å². The highest BCUT2D eigenvalue weighted by molar-refractivity contribution is 5.92. The van der Waals surface area contributed by atoms with Crippen molar-refractivity contribution in [2.45, 2.75) is 67.7 Å². The predicted molar refractivity (Wildman–Crippen MR) is 107 cm³/mol. The van der Waals surface area contributed by atoms with Gasteiger partial charge >= 0.3 is 0 Å². The van der Waals surface area contributed by atoms with E-state index in [-0.39, 0.29) is 54.0 Å². The lowest BCUT2D eigenvalue weighted by Crippen LogP contribution is -2.67. The van der Waals surface area contributed by atoms with Gasteiger partial charge in [-0.15, -0.1) is 0 Å². The molecular formula is C22H23F7N4O. The van der Waals surface area contributed by atoms with E-state index in [1.54, 1.807) is 0 Å². The summed E-state index contributed by atoms with van der Waals surface area (Å²) in [6.07, 6.45) is -2.25. The molecule has 1 saturated heterocycles. The van der Waals surface area contributed by atoms with Gasteiger partial charge in [0, 0.05) is 31.2 Å². The third kappa shape index (κ3) is 3.74. The Bertz CT molecular complexity index is 1120. The lowest BCUT2D eigenvalue weighted by molar-refractivity contribution is -0.192. The molecule has 5 rings (SSSR count). The second-order valence-electron chi connectivity index (χ2n) is 9.97. The van der Waals surface area contributed by atoms with Gasteiger partial charge in [0.1, 0.15) is 11.3 Å². The quantitative estimate of drug-likeness (QED) is 0.610. The zero-order valence-electron chi connectivity index (χ0n) is 18.0. The average Bonchev–Trinajstić information content (AvgIpc) is 3.14. The standard InChI is InChI=1S/C22H23F7N4O/c23-14-12(19(7-21(26,27)8-19)18(34)33-9-22(28,29)10-33)1-2-13-16(14)32-17(31-13)15(30)11-3-5-20(24,25)6-4-11/h1-2,11,15H,3-10,30H2,(H,31,32)/t15-/m0/s1. The maximum atomic E-state index is 15.6. The van der Waals surface area contributed by atoms with Crippen LogP contribution in [0.1, 0.15) is 56.0 Å². The van der Waals surface area contributed by atoms with Gasteiger partial charge in [0.25, 0.3) is 11.8 Å². The molecule has 3 N–H and O–H groups in total. The fourth-order valence-corrected chi connectivity index (χ4v) is 5.48. The van der Waals surface area contributed by atoms with Crippen molar-refractivity contribution in [1.82, 2.24) is 14.9 Å². The normalized spacial score (nSPS) is 26.1. The number of hydrogen-bond donors (Lipinski definition) is 2. The molecule has 0 spiro atoms. The second kappa shape index (κ2) is 7.32. The first-order chi connectivity index (χ1) is 15.7. The molecule has 1 aliphatic heterocycles. The van der Waals surface area contributed by atoms with Gasteiger partial charge in [-0.3, -0.25) is 4.79 Å². The van der Waals surface area contributed by atoms with E-state index in [0.717, 1.165) is 4.90 Å². The van der Waals surface area contributed by atoms with Crippen LogP contribution in [0.15, 0.2) is 12.1 Å². The zero-order chi connectivity index (χ0) is 24.7. The molecule has 3 fully saturated rings. The smallest absolute Gasteiger partial charge is 0.282 e. The number of nitrogens with zero attached hydrogens (tertiary/aromatic N) is 2. The molecule has 1 aromatic heterocycles. The number of imidazole rings is 1. The van der Waals surface area contributed by atoms with Crippen molar-refractivity contribution in [1.29, 1.82) is 0 Å². The van der Waals surface area contributed by atoms with E-state index < -0.39 is 66.9 Å². The molecular weight excluding hydrogens is 469 g/mol. The Hall–Kier alpha value is -2.37. The van der Waals surface area contributed by atoms with E-state index in [2.05, 4.69) is 9.97 Å². The van der Waals surface area contributed by atoms with Crippen molar-refractivity contribution in [2.75, 3.05) is 13.1 Å². The SMILES string of the molecule is N[C@H](c1nc2c(F)c(C3(C(=O)N4CC(F)(F)C4)CC(F)(F)C3)ccc2[nH]1)C1CCC(F)(F)CC1. The molecule has 2 heterocycles. The van der Waals surface area contributed by atoms with E-state index in [0.29, 0.717) is 0 Å². The van der Waals surface area contributed by atoms with Crippen molar-refractivity contribution in [2.24, 2.45) is 11.7 Å². The Balaban J connectivity index is 1.46. The van der Waals surface area contributed by atoms with Crippen LogP contribution in [0.3, 0.4) is 0 Å². The Kier molecular flexibility index (Phi) is 5.03. The van der Waals surface area contributed by atoms with Gasteiger partial charge in [0.15, 0.2) is 5.82 Å². The van der Waals surface area contributed by atoms with E-state index >= 15 is 4.39 Å². The van der Waals surface area contributed by atoms with Crippen LogP contribution in [0.4, 0.5) is 30.7 Å². The summed E-state index contributed by atoms with van der Waals surface area (Å²) in [7, 11) is 0. The van der Waals surface area contributed by atoms with Crippen LogP contribution in [0.2, 0.25) is 0 Å². The van der Waals surface area contributed by atoms with E-state index in [9.17, 15) is 31.1 Å². The van der Waals surface area contributed by atoms with Crippen LogP contribution in [0.25, 0.3) is 11.0 Å². The highest BCUT2D eigenvalue weighted by Crippen LogP contribution is 2.56. The first-order valence-electron chi connectivity index (χ1n) is 11.1. The molecule has 1 aromatic carbocycles. The summed E-state index contributed by atoms with van der Waals surface area (Å²) in [4.78, 5) is 20.8. The number of carbonyl (C=O) groups excluding carboxylic acids is 1. The minimum Gasteiger partial charge on any atom is -0.341 e. The average molecular weight is 492 g/mol. The number of alkyl halides is 6. The fraction of sp³-hybridized carbons (Fsp3) is 0.636. The van der Waals surface area contributed by atoms with Crippen LogP contribution in [0.5, 0.6) is 0 Å². The highest BCUT2D eigenvalue weighted by atomic mass is 19.3. The third-order valence-electron chi connectivity index (χ3n) is 7.37. The first-order valence-corrected chi connectivity index (χ1v) is 11.1. The van der Waals surface area contributed by atoms with Crippen LogP contribution in [0, 0.1) is 11.7 Å². The minimum atomic E-state index is -3.23. The Morgan fingerprint density at radius 1 is 1.03 bits per heavy atom. The number of aromatic nitrogens is 2. The molecule has 12 heteroatoms. The zero-order valence-corrected chi connectivity index (χ0v) is 18.0. The van der Waals surface area contributed by atoms with Crippen molar-refractivity contribution >= 4 is 16.9 Å². The van der Waals surface area contributed by atoms with Crippen LogP contribution >= 0.6 is 0 Å². The number of hydrogen-bond acceptors (Lipinski definition) is 3. The van der Waals surface area contributed by atoms with Gasteiger partial charge < -0.3 is 15.6 Å². The summed E-state index contributed by atoms with van der Waals surface area (Å²) < 4.78 is 96.9. The van der Waals surface area contributed by atoms with Gasteiger partial charge in [-0.05, 0) is 24.8 Å². The third-order valence-corrected chi connectivity index (χ3v) is 7.37. The maximum absolute atomic E-state index is 15.6. The summed E-state index contributed by atoms with van der Waals surface area (Å²) in [6, 6.07) is 1.80. The number of H-pyrrole nitrogens is 1. The number of fused-ring (bicyclic) bond motifs is 1. The summed E-state index contributed by atoms with van der Waals surface area (Å²) in [6.45, 7) is -1.80. The lowest BCUT2D eigenvalue weighted by Gasteiger charge is -2.51. The number of nitrogens with two attached hydrogens (primary N) is 1. The summed E-state index contributed by atoms with van der Waals surface area (Å²) >= 11 is 0. The molecule has 2 aromatic rings. The molecule has 34 heavy (non-hydrogen) atoms. The molecule has 2 aliphatic carbocycles. The van der Waals surface area contributed by atoms with Gasteiger partial charge in [0.05, 0.1) is 30.1 Å². The number of halogens is 7. The Morgan fingerprint density at radius 3 is 2.21 bits per heavy atom. The number of amides is 1. The molecule has 1 atom stereocenters. The van der Waals surface area contributed by atoms with Crippen molar-refractivity contribution < 1.29 is 35.5 Å². The summed E-state index contributed by atoms with van der Waals surface area (Å²) in [5, 5.41) is 0. The van der Waals surface area contributed by atoms with Gasteiger partial charge in [-0.1, -0.05) is 6.07 Å². The van der Waals surface area contributed by atoms with E-state index in [1.807, 2.05) is 0 Å². The molecule has 2 saturated carbocycles. The molecule has 186 valence electrons. The number of aromatic amines is 1. The predicted octanol–water partition coefficient (Wildman–Crippen LogP) is 4.67. The van der Waals surface area contributed by atoms with Gasteiger partial charge in [-0.2, -0.15) is 0 Å². The topological polar surface area (TPSA) is 75.0 Å². The van der Waals surface area contributed by atoms with E-state index in [4.69, 9.17) is 5.73 Å². The molecule has 0 radical (unpaired) electrons. The first kappa shape index (κ1) is 23.4. The molecule has 5 nitrogen and oxygen atoms in total. The van der Waals surface area contributed by atoms with Crippen LogP contribution < -0.4 is 5.73 Å². The lowest BCUT2D eigenvalue weighted by atomic mass is 9.60. The molecule has 1 amide bonds. The number of benzene rings is 1. The summed E-state index contributed by atoms with van der Waals surface area (Å²) in [5.41, 5.74) is 3.91. The second-order valence-corrected chi connectivity index (χ2v) is 9.97. The summed E-state index contributed by atoms with van der Waals surface area (Å²) in [5.74, 6) is -11.2. The number of nitrogens with one attached hydrogen (secondary N) is 1. The van der Waals surface area contributed by atoms with Crippen LogP contribution in [-0.2, 0) is 10.2 Å². The Labute approximate surface area is 189 Å². The molecule has 0 unspecified atom stereocenters. The minimum absolute atomic E-state index is 0.169. The largest absolute Gasteiger partial charge is 0.341 e. The Morgan fingerprint density at radius 2 is 1.65 bits per heavy atom. The van der Waals surface area contributed by atoms with Crippen molar-refractivity contribution in [3.8, 4) is 0 Å². The van der Waals surface area contributed by atoms with Crippen LogP contribution in [-0.4, -0.2) is 51.6 Å². The number of rotatable bonds is 4. The molecule has 0 bridgehead atoms. The van der Waals surface area contributed by atoms with Gasteiger partial charge in [-0.25, -0.2) is 35.7 Å². The maximum Gasteiger partial charge on any atom is 0.282 e. The molecule has 3 aliphatic rings. The number of carbonyl (C=O) groups is 1. The van der Waals surface area contributed by atoms with Gasteiger partial charge in [0.2, 0.25) is 11.8 Å². The van der Waals surface area contributed by atoms with E-state index in [1.165, 1.54) is 12.1 Å². The fourth-order valence-electron chi connectivity index (χ4n) is 5.48.